The van der Waals surface area contributed by atoms with Crippen LogP contribution in [0.2, 0.25) is 0 Å². The fourth-order valence-electron chi connectivity index (χ4n) is 1.75. The summed E-state index contributed by atoms with van der Waals surface area (Å²) in [6.45, 7) is 6.13. The summed E-state index contributed by atoms with van der Waals surface area (Å²) in [7, 11) is 1.59. The van der Waals surface area contributed by atoms with Crippen molar-refractivity contribution in [2.75, 3.05) is 12.4 Å². The molecule has 22 heavy (non-hydrogen) atoms. The van der Waals surface area contributed by atoms with Crippen molar-refractivity contribution in [1.82, 2.24) is 5.16 Å². The minimum atomic E-state index is -0.102. The Morgan fingerprint density at radius 1 is 1.27 bits per heavy atom. The molecule has 0 fully saturated rings. The Labute approximate surface area is 130 Å². The van der Waals surface area contributed by atoms with Crippen LogP contribution < -0.4 is 10.1 Å². The van der Waals surface area contributed by atoms with Crippen molar-refractivity contribution in [3.63, 3.8) is 0 Å². The summed E-state index contributed by atoms with van der Waals surface area (Å²) in [5.41, 5.74) is 0.490. The van der Waals surface area contributed by atoms with E-state index in [4.69, 9.17) is 9.26 Å². The number of hydrogen-bond acceptors (Lipinski definition) is 5. The first kappa shape index (κ1) is 15.8. The second kappa shape index (κ2) is 6.47. The maximum absolute atomic E-state index is 12.0. The highest BCUT2D eigenvalue weighted by atomic mass is 16.5. The number of nitrogens with one attached hydrogen (secondary N) is 1. The first-order valence-corrected chi connectivity index (χ1v) is 6.99. The van der Waals surface area contributed by atoms with Crippen LogP contribution >= 0.6 is 0 Å². The molecule has 116 valence electrons. The number of ether oxygens (including phenoxy) is 1. The first-order valence-electron chi connectivity index (χ1n) is 6.99. The summed E-state index contributed by atoms with van der Waals surface area (Å²) < 4.78 is 10.3. The standard InChI is InChI=1S/C17H20N2O3/c1-17(2,3)15-11-16(19-22-15)18-10-9-14(20)12-5-7-13(21-4)8-6-12/h5-11H,1-4H3,(H,18,19). The number of ketones is 1. The number of methoxy groups -OCH3 is 1. The molecule has 0 aliphatic carbocycles. The number of aromatic nitrogens is 1. The van der Waals surface area contributed by atoms with Gasteiger partial charge in [-0.3, -0.25) is 4.79 Å². The predicted octanol–water partition coefficient (Wildman–Crippen LogP) is 3.79. The monoisotopic (exact) mass is 300 g/mol. The quantitative estimate of drug-likeness (QED) is 0.672. The third kappa shape index (κ3) is 3.97. The van der Waals surface area contributed by atoms with Crippen LogP contribution in [0.5, 0.6) is 5.75 Å². The fourth-order valence-corrected chi connectivity index (χ4v) is 1.75. The van der Waals surface area contributed by atoms with E-state index in [1.807, 2.05) is 26.8 Å². The average molecular weight is 300 g/mol. The van der Waals surface area contributed by atoms with Crippen LogP contribution in [0.15, 0.2) is 47.1 Å². The van der Waals surface area contributed by atoms with Crippen molar-refractivity contribution < 1.29 is 14.1 Å². The normalized spacial score (nSPS) is 11.6. The molecule has 1 aromatic carbocycles. The molecule has 5 heteroatoms. The third-order valence-electron chi connectivity index (χ3n) is 3.09. The molecular weight excluding hydrogens is 280 g/mol. The topological polar surface area (TPSA) is 64.4 Å². The molecule has 1 N–H and O–H groups in total. The zero-order valence-corrected chi connectivity index (χ0v) is 13.2. The fraction of sp³-hybridized carbons (Fsp3) is 0.294. The van der Waals surface area contributed by atoms with Crippen molar-refractivity contribution in [3.8, 4) is 5.75 Å². The second-order valence-corrected chi connectivity index (χ2v) is 5.90. The summed E-state index contributed by atoms with van der Waals surface area (Å²) in [6, 6.07) is 8.77. The highest BCUT2D eigenvalue weighted by Crippen LogP contribution is 2.24. The minimum absolute atomic E-state index is 0.102. The molecule has 2 rings (SSSR count). The number of rotatable bonds is 5. The number of carbonyl (C=O) groups excluding carboxylic acids is 1. The van der Waals surface area contributed by atoms with Gasteiger partial charge in [0.1, 0.15) is 11.5 Å². The zero-order valence-electron chi connectivity index (χ0n) is 13.2. The molecule has 0 radical (unpaired) electrons. The molecular formula is C17H20N2O3. The molecule has 0 aliphatic rings. The molecule has 0 saturated carbocycles. The molecule has 0 amide bonds. The van der Waals surface area contributed by atoms with Crippen LogP contribution in [0.3, 0.4) is 0 Å². The lowest BCUT2D eigenvalue weighted by molar-refractivity contribution is 0.104. The Balaban J connectivity index is 1.96. The van der Waals surface area contributed by atoms with Gasteiger partial charge in [0.15, 0.2) is 11.6 Å². The van der Waals surface area contributed by atoms with E-state index in [9.17, 15) is 4.79 Å². The smallest absolute Gasteiger partial charge is 0.187 e. The zero-order chi connectivity index (χ0) is 16.2. The molecule has 0 atom stereocenters. The van der Waals surface area contributed by atoms with Crippen molar-refractivity contribution in [2.45, 2.75) is 26.2 Å². The van der Waals surface area contributed by atoms with Crippen LogP contribution in [0.1, 0.15) is 36.9 Å². The Kier molecular flexibility index (Phi) is 4.65. The second-order valence-electron chi connectivity index (χ2n) is 5.90. The van der Waals surface area contributed by atoms with E-state index in [1.165, 1.54) is 6.08 Å². The summed E-state index contributed by atoms with van der Waals surface area (Å²) in [4.78, 5) is 12.0. The van der Waals surface area contributed by atoms with E-state index in [0.29, 0.717) is 11.4 Å². The number of anilines is 1. The summed E-state index contributed by atoms with van der Waals surface area (Å²) in [5.74, 6) is 1.97. The van der Waals surface area contributed by atoms with Gasteiger partial charge in [-0.15, -0.1) is 0 Å². The van der Waals surface area contributed by atoms with E-state index in [2.05, 4.69) is 10.5 Å². The van der Waals surface area contributed by atoms with Gasteiger partial charge in [0.05, 0.1) is 7.11 Å². The van der Waals surface area contributed by atoms with Gasteiger partial charge >= 0.3 is 0 Å². The number of carbonyl (C=O) groups is 1. The summed E-state index contributed by atoms with van der Waals surface area (Å²) in [6.07, 6.45) is 3.00. The molecule has 0 saturated heterocycles. The third-order valence-corrected chi connectivity index (χ3v) is 3.09. The Morgan fingerprint density at radius 2 is 1.95 bits per heavy atom. The predicted molar refractivity (Wildman–Crippen MR) is 85.3 cm³/mol. The van der Waals surface area contributed by atoms with Gasteiger partial charge in [-0.25, -0.2) is 0 Å². The maximum atomic E-state index is 12.0. The van der Waals surface area contributed by atoms with Crippen molar-refractivity contribution in [1.29, 1.82) is 0 Å². The number of nitrogens with zero attached hydrogens (tertiary/aromatic N) is 1. The highest BCUT2D eigenvalue weighted by Gasteiger charge is 2.19. The van der Waals surface area contributed by atoms with Crippen LogP contribution in [-0.4, -0.2) is 18.0 Å². The van der Waals surface area contributed by atoms with E-state index in [-0.39, 0.29) is 11.2 Å². The lowest BCUT2D eigenvalue weighted by Gasteiger charge is -2.11. The van der Waals surface area contributed by atoms with Gasteiger partial charge in [0, 0.05) is 29.3 Å². The molecule has 0 unspecified atom stereocenters. The van der Waals surface area contributed by atoms with E-state index < -0.39 is 0 Å². The van der Waals surface area contributed by atoms with E-state index in [1.54, 1.807) is 37.6 Å². The molecule has 1 aromatic heterocycles. The van der Waals surface area contributed by atoms with Crippen LogP contribution in [0, 0.1) is 0 Å². The Morgan fingerprint density at radius 3 is 2.50 bits per heavy atom. The molecule has 1 heterocycles. The van der Waals surface area contributed by atoms with Crippen LogP contribution in [0.4, 0.5) is 5.82 Å². The van der Waals surface area contributed by atoms with E-state index >= 15 is 0 Å². The highest BCUT2D eigenvalue weighted by molar-refractivity contribution is 6.04. The number of hydrogen-bond donors (Lipinski definition) is 1. The van der Waals surface area contributed by atoms with Gasteiger partial charge in [-0.2, -0.15) is 0 Å². The summed E-state index contributed by atoms with van der Waals surface area (Å²) >= 11 is 0. The lowest BCUT2D eigenvalue weighted by Crippen LogP contribution is -2.09. The Hall–Kier alpha value is -2.56. The lowest BCUT2D eigenvalue weighted by atomic mass is 9.93. The van der Waals surface area contributed by atoms with Gasteiger partial charge < -0.3 is 14.6 Å². The van der Waals surface area contributed by atoms with Crippen LogP contribution in [0.25, 0.3) is 0 Å². The maximum Gasteiger partial charge on any atom is 0.187 e. The molecule has 0 spiro atoms. The van der Waals surface area contributed by atoms with Crippen molar-refractivity contribution >= 4 is 11.6 Å². The molecule has 2 aromatic rings. The SMILES string of the molecule is COc1ccc(C(=O)C=CNc2cc(C(C)(C)C)on2)cc1. The Bertz CT molecular complexity index is 664. The molecule has 0 aliphatic heterocycles. The van der Waals surface area contributed by atoms with Gasteiger partial charge in [-0.1, -0.05) is 25.9 Å². The van der Waals surface area contributed by atoms with Crippen molar-refractivity contribution in [2.24, 2.45) is 0 Å². The number of allylic oxidation sites excluding steroid dienone is 1. The molecule has 5 nitrogen and oxygen atoms in total. The minimum Gasteiger partial charge on any atom is -0.497 e. The van der Waals surface area contributed by atoms with Gasteiger partial charge in [0.2, 0.25) is 0 Å². The van der Waals surface area contributed by atoms with Gasteiger partial charge in [0.25, 0.3) is 0 Å². The number of benzene rings is 1. The summed E-state index contributed by atoms with van der Waals surface area (Å²) in [5, 5.41) is 6.84. The van der Waals surface area contributed by atoms with E-state index in [0.717, 1.165) is 11.5 Å². The average Bonchev–Trinajstić information content (AvgIpc) is 2.96. The van der Waals surface area contributed by atoms with Gasteiger partial charge in [-0.05, 0) is 24.3 Å². The first-order chi connectivity index (χ1) is 10.4. The molecule has 0 bridgehead atoms. The van der Waals surface area contributed by atoms with Crippen LogP contribution in [-0.2, 0) is 5.41 Å². The largest absolute Gasteiger partial charge is 0.497 e. The van der Waals surface area contributed by atoms with Crippen molar-refractivity contribution in [3.05, 3.63) is 53.9 Å².